The molecule has 118 valence electrons. The molecule has 4 nitrogen and oxygen atoms in total. The van der Waals surface area contributed by atoms with Crippen LogP contribution in [0.25, 0.3) is 0 Å². The van der Waals surface area contributed by atoms with Crippen molar-refractivity contribution < 1.29 is 13.9 Å². The normalized spacial score (nSPS) is 21.2. The lowest BCUT2D eigenvalue weighted by atomic mass is 10.1. The summed E-state index contributed by atoms with van der Waals surface area (Å²) in [4.78, 5) is 2.31. The molecule has 1 aromatic rings. The Morgan fingerprint density at radius 3 is 3.00 bits per heavy atom. The summed E-state index contributed by atoms with van der Waals surface area (Å²) < 4.78 is 25.3. The Morgan fingerprint density at radius 2 is 2.33 bits per heavy atom. The highest BCUT2D eigenvalue weighted by Crippen LogP contribution is 2.22. The van der Waals surface area contributed by atoms with E-state index in [0.717, 1.165) is 25.2 Å². The lowest BCUT2D eigenvalue weighted by Crippen LogP contribution is -2.44. The number of nitrogens with zero attached hydrogens (tertiary/aromatic N) is 1. The molecule has 1 fully saturated rings. The third-order valence-electron chi connectivity index (χ3n) is 3.98. The van der Waals surface area contributed by atoms with Crippen LogP contribution >= 0.6 is 0 Å². The number of benzene rings is 1. The molecule has 0 bridgehead atoms. The van der Waals surface area contributed by atoms with E-state index in [1.807, 2.05) is 20.0 Å². The van der Waals surface area contributed by atoms with Crippen LogP contribution < -0.4 is 10.1 Å². The molecule has 1 aliphatic rings. The molecule has 1 aromatic carbocycles. The van der Waals surface area contributed by atoms with Crippen molar-refractivity contribution in [1.82, 2.24) is 10.2 Å². The molecule has 0 amide bonds. The number of likely N-dealkylation sites (N-methyl/N-ethyl adjacent to an activating group) is 1. The summed E-state index contributed by atoms with van der Waals surface area (Å²) in [7, 11) is 1.85. The van der Waals surface area contributed by atoms with Crippen LogP contribution in [0.15, 0.2) is 18.2 Å². The van der Waals surface area contributed by atoms with E-state index in [1.165, 1.54) is 6.07 Å². The first-order chi connectivity index (χ1) is 10.1. The minimum absolute atomic E-state index is 0.00834. The number of hydrogen-bond donors (Lipinski definition) is 1. The molecule has 0 aliphatic carbocycles. The zero-order valence-corrected chi connectivity index (χ0v) is 13.1. The van der Waals surface area contributed by atoms with E-state index in [0.29, 0.717) is 19.0 Å². The maximum absolute atomic E-state index is 14.0. The lowest BCUT2D eigenvalue weighted by molar-refractivity contribution is -0.0468. The molecule has 2 rings (SSSR count). The van der Waals surface area contributed by atoms with Gasteiger partial charge in [-0.2, -0.15) is 0 Å². The van der Waals surface area contributed by atoms with Crippen molar-refractivity contribution in [3.05, 3.63) is 29.6 Å². The second-order valence-corrected chi connectivity index (χ2v) is 5.40. The molecule has 0 spiro atoms. The number of morpholine rings is 1. The summed E-state index contributed by atoms with van der Waals surface area (Å²) in [5, 5.41) is 3.09. The summed E-state index contributed by atoms with van der Waals surface area (Å²) in [6, 6.07) is 5.23. The lowest BCUT2D eigenvalue weighted by Gasteiger charge is -2.31. The van der Waals surface area contributed by atoms with Crippen LogP contribution in [0.4, 0.5) is 4.39 Å². The summed E-state index contributed by atoms with van der Waals surface area (Å²) >= 11 is 0. The predicted molar refractivity (Wildman–Crippen MR) is 81.2 cm³/mol. The van der Waals surface area contributed by atoms with Gasteiger partial charge in [0.25, 0.3) is 0 Å². The highest BCUT2D eigenvalue weighted by molar-refractivity contribution is 5.30. The van der Waals surface area contributed by atoms with Gasteiger partial charge in [0.2, 0.25) is 0 Å². The van der Waals surface area contributed by atoms with E-state index >= 15 is 0 Å². The summed E-state index contributed by atoms with van der Waals surface area (Å²) in [5.74, 6) is -0.0305. The topological polar surface area (TPSA) is 33.7 Å². The van der Waals surface area contributed by atoms with E-state index in [9.17, 15) is 4.39 Å². The Bertz CT molecular complexity index is 456. The largest absolute Gasteiger partial charge is 0.488 e. The van der Waals surface area contributed by atoms with Crippen molar-refractivity contribution in [2.75, 3.05) is 39.9 Å². The van der Waals surface area contributed by atoms with Gasteiger partial charge < -0.3 is 14.8 Å². The second kappa shape index (κ2) is 7.73. The number of rotatable bonds is 6. The molecule has 5 heteroatoms. The van der Waals surface area contributed by atoms with Gasteiger partial charge >= 0.3 is 0 Å². The zero-order valence-electron chi connectivity index (χ0n) is 13.1. The fourth-order valence-corrected chi connectivity index (χ4v) is 2.42. The van der Waals surface area contributed by atoms with Gasteiger partial charge in [0.15, 0.2) is 11.6 Å². The van der Waals surface area contributed by atoms with Crippen molar-refractivity contribution in [1.29, 1.82) is 0 Å². The van der Waals surface area contributed by atoms with Gasteiger partial charge in [-0.05, 0) is 38.2 Å². The van der Waals surface area contributed by atoms with Gasteiger partial charge in [-0.1, -0.05) is 13.0 Å². The third-order valence-corrected chi connectivity index (χ3v) is 3.98. The highest BCUT2D eigenvalue weighted by atomic mass is 19.1. The van der Waals surface area contributed by atoms with Crippen molar-refractivity contribution in [2.24, 2.45) is 0 Å². The van der Waals surface area contributed by atoms with Gasteiger partial charge in [0.05, 0.1) is 6.61 Å². The molecular formula is C16H25FN2O2. The quantitative estimate of drug-likeness (QED) is 0.872. The second-order valence-electron chi connectivity index (χ2n) is 5.40. The Hall–Kier alpha value is -1.17. The standard InChI is InChI=1S/C16H25FN2O2/c1-4-19-7-8-20-14(10-19)11-21-16-6-5-13(9-15(16)17)12(2)18-3/h5-6,9,12,14,18H,4,7-8,10-11H2,1-3H3. The molecular weight excluding hydrogens is 271 g/mol. The Morgan fingerprint density at radius 1 is 1.52 bits per heavy atom. The van der Waals surface area contributed by atoms with Crippen LogP contribution in [-0.4, -0.2) is 50.9 Å². The van der Waals surface area contributed by atoms with Crippen LogP contribution in [0.2, 0.25) is 0 Å². The van der Waals surface area contributed by atoms with Crippen LogP contribution in [0.3, 0.4) is 0 Å². The SMILES string of the molecule is CCN1CCOC(COc2ccc(C(C)NC)cc2F)C1. The molecule has 2 atom stereocenters. The maximum atomic E-state index is 14.0. The number of hydrogen-bond acceptors (Lipinski definition) is 4. The van der Waals surface area contributed by atoms with Crippen LogP contribution in [0.5, 0.6) is 5.75 Å². The fraction of sp³-hybridized carbons (Fsp3) is 0.625. The number of halogens is 1. The predicted octanol–water partition coefficient (Wildman–Crippen LogP) is 2.21. The maximum Gasteiger partial charge on any atom is 0.165 e. The van der Waals surface area contributed by atoms with E-state index in [1.54, 1.807) is 6.07 Å². The smallest absolute Gasteiger partial charge is 0.165 e. The molecule has 0 saturated carbocycles. The minimum atomic E-state index is -0.322. The first kappa shape index (κ1) is 16.2. The van der Waals surface area contributed by atoms with Crippen LogP contribution in [0, 0.1) is 5.82 Å². The van der Waals surface area contributed by atoms with Gasteiger partial charge in [0.1, 0.15) is 12.7 Å². The Labute approximate surface area is 126 Å². The summed E-state index contributed by atoms with van der Waals surface area (Å²) in [5.41, 5.74) is 0.911. The van der Waals surface area contributed by atoms with Gasteiger partial charge in [-0.15, -0.1) is 0 Å². The van der Waals surface area contributed by atoms with E-state index in [2.05, 4.69) is 17.1 Å². The monoisotopic (exact) mass is 296 g/mol. The molecule has 1 heterocycles. The third kappa shape index (κ3) is 4.40. The van der Waals surface area contributed by atoms with E-state index < -0.39 is 0 Å². The summed E-state index contributed by atoms with van der Waals surface area (Å²) in [6.45, 7) is 8.02. The van der Waals surface area contributed by atoms with Gasteiger partial charge in [-0.25, -0.2) is 4.39 Å². The van der Waals surface area contributed by atoms with Crippen molar-refractivity contribution in [2.45, 2.75) is 26.0 Å². The highest BCUT2D eigenvalue weighted by Gasteiger charge is 2.20. The van der Waals surface area contributed by atoms with Crippen LogP contribution in [-0.2, 0) is 4.74 Å². The van der Waals surface area contributed by atoms with Crippen LogP contribution in [0.1, 0.15) is 25.5 Å². The molecule has 1 aliphatic heterocycles. The minimum Gasteiger partial charge on any atom is -0.488 e. The van der Waals surface area contributed by atoms with Gasteiger partial charge in [0, 0.05) is 19.1 Å². The first-order valence-electron chi connectivity index (χ1n) is 7.57. The fourth-order valence-electron chi connectivity index (χ4n) is 2.42. The molecule has 2 unspecified atom stereocenters. The molecule has 1 N–H and O–H groups in total. The van der Waals surface area contributed by atoms with E-state index in [-0.39, 0.29) is 18.0 Å². The number of nitrogens with one attached hydrogen (secondary N) is 1. The zero-order chi connectivity index (χ0) is 15.2. The Kier molecular flexibility index (Phi) is 5.96. The average molecular weight is 296 g/mol. The summed E-state index contributed by atoms with van der Waals surface area (Å²) in [6.07, 6.45) is 0.00834. The number of ether oxygens (including phenoxy) is 2. The molecule has 0 aromatic heterocycles. The molecule has 21 heavy (non-hydrogen) atoms. The van der Waals surface area contributed by atoms with Crippen molar-refractivity contribution in [3.63, 3.8) is 0 Å². The molecule has 1 saturated heterocycles. The van der Waals surface area contributed by atoms with Gasteiger partial charge in [-0.3, -0.25) is 4.90 Å². The van der Waals surface area contributed by atoms with Crippen molar-refractivity contribution in [3.8, 4) is 5.75 Å². The molecule has 0 radical (unpaired) electrons. The first-order valence-corrected chi connectivity index (χ1v) is 7.57. The van der Waals surface area contributed by atoms with E-state index in [4.69, 9.17) is 9.47 Å². The van der Waals surface area contributed by atoms with Crippen molar-refractivity contribution >= 4 is 0 Å². The Balaban J connectivity index is 1.91. The average Bonchev–Trinajstić information content (AvgIpc) is 2.53.